The fraction of sp³-hybridized carbons (Fsp3) is 0.364. The molecule has 2 atom stereocenters. The monoisotopic (exact) mass is 250 g/mol. The van der Waals surface area contributed by atoms with Gasteiger partial charge in [0.1, 0.15) is 6.10 Å². The molecule has 1 N–H and O–H groups in total. The van der Waals surface area contributed by atoms with Crippen molar-refractivity contribution in [1.82, 2.24) is 10.1 Å². The maximum Gasteiger partial charge on any atom is 0.332 e. The highest BCUT2D eigenvalue weighted by Crippen LogP contribution is 2.32. The maximum atomic E-state index is 10.8. The van der Waals surface area contributed by atoms with Crippen LogP contribution in [0, 0.1) is 0 Å². The molecule has 7 nitrogen and oxygen atoms in total. The van der Waals surface area contributed by atoms with Crippen LogP contribution in [0.4, 0.5) is 0 Å². The SMILES string of the molecule is O=C(O)C1CCC(c2nc(-c3ccco3)no2)O1. The minimum Gasteiger partial charge on any atom is -0.479 e. The molecule has 0 saturated carbocycles. The van der Waals surface area contributed by atoms with Crippen molar-refractivity contribution in [3.63, 3.8) is 0 Å². The van der Waals surface area contributed by atoms with Gasteiger partial charge in [-0.3, -0.25) is 0 Å². The average molecular weight is 250 g/mol. The van der Waals surface area contributed by atoms with Crippen molar-refractivity contribution < 1.29 is 23.6 Å². The Labute approximate surface area is 101 Å². The number of nitrogens with zero attached hydrogens (tertiary/aromatic N) is 2. The van der Waals surface area contributed by atoms with Gasteiger partial charge in [-0.1, -0.05) is 5.16 Å². The first-order valence-electron chi connectivity index (χ1n) is 5.50. The fourth-order valence-electron chi connectivity index (χ4n) is 1.87. The highest BCUT2D eigenvalue weighted by molar-refractivity contribution is 5.72. The molecule has 0 radical (unpaired) electrons. The highest BCUT2D eigenvalue weighted by Gasteiger charge is 2.34. The second-order valence-corrected chi connectivity index (χ2v) is 3.96. The predicted octanol–water partition coefficient (Wildman–Crippen LogP) is 1.63. The lowest BCUT2D eigenvalue weighted by molar-refractivity contribution is -0.150. The number of carbonyl (C=O) groups is 1. The van der Waals surface area contributed by atoms with Crippen molar-refractivity contribution in [1.29, 1.82) is 0 Å². The molecule has 1 fully saturated rings. The zero-order valence-corrected chi connectivity index (χ0v) is 9.28. The largest absolute Gasteiger partial charge is 0.479 e. The van der Waals surface area contributed by atoms with Crippen molar-refractivity contribution in [2.24, 2.45) is 0 Å². The summed E-state index contributed by atoms with van der Waals surface area (Å²) in [7, 11) is 0. The molecule has 18 heavy (non-hydrogen) atoms. The first-order valence-corrected chi connectivity index (χ1v) is 5.50. The van der Waals surface area contributed by atoms with Gasteiger partial charge in [0.15, 0.2) is 11.9 Å². The second kappa shape index (κ2) is 4.26. The van der Waals surface area contributed by atoms with Gasteiger partial charge >= 0.3 is 5.97 Å². The Morgan fingerprint density at radius 2 is 2.33 bits per heavy atom. The van der Waals surface area contributed by atoms with Crippen LogP contribution in [-0.2, 0) is 9.53 Å². The molecule has 3 heterocycles. The zero-order chi connectivity index (χ0) is 12.5. The van der Waals surface area contributed by atoms with Crippen LogP contribution < -0.4 is 0 Å². The molecule has 2 unspecified atom stereocenters. The number of ether oxygens (including phenoxy) is 1. The van der Waals surface area contributed by atoms with E-state index in [9.17, 15) is 4.79 Å². The molecular weight excluding hydrogens is 240 g/mol. The highest BCUT2D eigenvalue weighted by atomic mass is 16.6. The molecule has 1 aliphatic heterocycles. The average Bonchev–Trinajstić information content (AvgIpc) is 3.10. The summed E-state index contributed by atoms with van der Waals surface area (Å²) in [5, 5.41) is 12.6. The Balaban J connectivity index is 1.77. The summed E-state index contributed by atoms with van der Waals surface area (Å²) in [5.74, 6) is 0.142. The van der Waals surface area contributed by atoms with Gasteiger partial charge in [-0.15, -0.1) is 0 Å². The van der Waals surface area contributed by atoms with E-state index in [0.717, 1.165) is 0 Å². The molecule has 2 aromatic rings. The van der Waals surface area contributed by atoms with Crippen molar-refractivity contribution >= 4 is 5.97 Å². The molecular formula is C11H10N2O5. The van der Waals surface area contributed by atoms with Crippen LogP contribution in [0.5, 0.6) is 0 Å². The second-order valence-electron chi connectivity index (χ2n) is 3.96. The summed E-state index contributed by atoms with van der Waals surface area (Å²) >= 11 is 0. The van der Waals surface area contributed by atoms with Gasteiger partial charge in [-0.05, 0) is 25.0 Å². The summed E-state index contributed by atoms with van der Waals surface area (Å²) < 4.78 is 15.5. The van der Waals surface area contributed by atoms with Crippen molar-refractivity contribution in [3.05, 3.63) is 24.3 Å². The Hall–Kier alpha value is -2.15. The van der Waals surface area contributed by atoms with E-state index in [2.05, 4.69) is 10.1 Å². The third kappa shape index (κ3) is 1.88. The Morgan fingerprint density at radius 3 is 3.00 bits per heavy atom. The third-order valence-corrected chi connectivity index (χ3v) is 2.75. The van der Waals surface area contributed by atoms with Gasteiger partial charge in [-0.2, -0.15) is 4.98 Å². The lowest BCUT2D eigenvalue weighted by atomic mass is 10.2. The quantitative estimate of drug-likeness (QED) is 0.883. The molecule has 7 heteroatoms. The van der Waals surface area contributed by atoms with Crippen LogP contribution in [0.2, 0.25) is 0 Å². The van der Waals surface area contributed by atoms with Gasteiger partial charge in [0, 0.05) is 0 Å². The van der Waals surface area contributed by atoms with Crippen LogP contribution in [0.1, 0.15) is 24.8 Å². The van der Waals surface area contributed by atoms with E-state index in [-0.39, 0.29) is 5.89 Å². The number of furan rings is 1. The molecule has 0 spiro atoms. The van der Waals surface area contributed by atoms with E-state index in [0.29, 0.717) is 24.4 Å². The molecule has 0 aromatic carbocycles. The lowest BCUT2D eigenvalue weighted by Gasteiger charge is -2.05. The minimum absolute atomic E-state index is 0.283. The number of aromatic nitrogens is 2. The van der Waals surface area contributed by atoms with E-state index >= 15 is 0 Å². The summed E-state index contributed by atoms with van der Waals surface area (Å²) in [6.07, 6.45) is 1.25. The topological polar surface area (TPSA) is 98.6 Å². The number of carboxylic acids is 1. The van der Waals surface area contributed by atoms with Crippen LogP contribution >= 0.6 is 0 Å². The van der Waals surface area contributed by atoms with Crippen LogP contribution in [0.25, 0.3) is 11.6 Å². The predicted molar refractivity (Wildman–Crippen MR) is 56.5 cm³/mol. The van der Waals surface area contributed by atoms with Crippen molar-refractivity contribution in [2.45, 2.75) is 25.0 Å². The zero-order valence-electron chi connectivity index (χ0n) is 9.28. The van der Waals surface area contributed by atoms with Gasteiger partial charge in [0.05, 0.1) is 6.26 Å². The van der Waals surface area contributed by atoms with E-state index in [1.54, 1.807) is 12.1 Å². The van der Waals surface area contributed by atoms with E-state index in [1.807, 2.05) is 0 Å². The van der Waals surface area contributed by atoms with E-state index in [1.165, 1.54) is 6.26 Å². The Morgan fingerprint density at radius 1 is 1.44 bits per heavy atom. The Kier molecular flexibility index (Phi) is 2.60. The van der Waals surface area contributed by atoms with Gasteiger partial charge in [0.2, 0.25) is 5.82 Å². The van der Waals surface area contributed by atoms with Crippen molar-refractivity contribution in [2.75, 3.05) is 0 Å². The molecule has 1 aliphatic rings. The summed E-state index contributed by atoms with van der Waals surface area (Å²) in [6.45, 7) is 0. The Bertz CT molecular complexity index is 548. The molecule has 0 aliphatic carbocycles. The van der Waals surface area contributed by atoms with Crippen LogP contribution in [0.15, 0.2) is 27.3 Å². The van der Waals surface area contributed by atoms with Crippen LogP contribution in [-0.4, -0.2) is 27.3 Å². The molecule has 2 aromatic heterocycles. The van der Waals surface area contributed by atoms with Gasteiger partial charge in [-0.25, -0.2) is 4.79 Å². The molecule has 0 bridgehead atoms. The van der Waals surface area contributed by atoms with Gasteiger partial charge in [0.25, 0.3) is 5.89 Å². The summed E-state index contributed by atoms with van der Waals surface area (Å²) in [5.41, 5.74) is 0. The number of carboxylic acid groups (broad SMARTS) is 1. The van der Waals surface area contributed by atoms with Crippen molar-refractivity contribution in [3.8, 4) is 11.6 Å². The molecule has 1 saturated heterocycles. The van der Waals surface area contributed by atoms with E-state index < -0.39 is 18.2 Å². The summed E-state index contributed by atoms with van der Waals surface area (Å²) in [6, 6.07) is 3.43. The van der Waals surface area contributed by atoms with Gasteiger partial charge < -0.3 is 18.8 Å². The standard InChI is InChI=1S/C11H10N2O5/c14-11(15)8-4-3-7(17-8)10-12-9(13-18-10)6-2-1-5-16-6/h1-2,5,7-8H,3-4H2,(H,14,15). The first kappa shape index (κ1) is 11.0. The third-order valence-electron chi connectivity index (χ3n) is 2.75. The lowest BCUT2D eigenvalue weighted by Crippen LogP contribution is -2.18. The smallest absolute Gasteiger partial charge is 0.332 e. The van der Waals surface area contributed by atoms with E-state index in [4.69, 9.17) is 18.8 Å². The minimum atomic E-state index is -0.969. The maximum absolute atomic E-state index is 10.8. The normalized spacial score (nSPS) is 23.3. The number of hydrogen-bond donors (Lipinski definition) is 1. The number of aliphatic carboxylic acids is 1. The van der Waals surface area contributed by atoms with Crippen LogP contribution in [0.3, 0.4) is 0 Å². The summed E-state index contributed by atoms with van der Waals surface area (Å²) in [4.78, 5) is 14.9. The fourth-order valence-corrected chi connectivity index (χ4v) is 1.87. The number of hydrogen-bond acceptors (Lipinski definition) is 6. The molecule has 94 valence electrons. The first-order chi connectivity index (χ1) is 8.74. The number of rotatable bonds is 3. The molecule has 3 rings (SSSR count). The molecule has 0 amide bonds.